The van der Waals surface area contributed by atoms with Crippen LogP contribution in [0.1, 0.15) is 29.7 Å². The molecular formula is C24H25N3OS. The Hall–Kier alpha value is -2.52. The fourth-order valence-corrected chi connectivity index (χ4v) is 4.47. The monoisotopic (exact) mass is 403 g/mol. The van der Waals surface area contributed by atoms with Gasteiger partial charge in [0, 0.05) is 24.1 Å². The number of ether oxygens (including phenoxy) is 1. The van der Waals surface area contributed by atoms with Crippen molar-refractivity contribution in [2.24, 2.45) is 5.92 Å². The first-order valence-electron chi connectivity index (χ1n) is 10.1. The molecule has 2 aromatic carbocycles. The van der Waals surface area contributed by atoms with Gasteiger partial charge in [-0.25, -0.2) is 4.98 Å². The molecule has 1 aliphatic rings. The summed E-state index contributed by atoms with van der Waals surface area (Å²) in [4.78, 5) is 7.32. The molecule has 2 heterocycles. The Morgan fingerprint density at radius 1 is 1.07 bits per heavy atom. The fourth-order valence-electron chi connectivity index (χ4n) is 3.65. The summed E-state index contributed by atoms with van der Waals surface area (Å²) < 4.78 is 5.93. The third-order valence-corrected chi connectivity index (χ3v) is 6.31. The van der Waals surface area contributed by atoms with Crippen LogP contribution in [-0.4, -0.2) is 29.6 Å². The third kappa shape index (κ3) is 5.51. The summed E-state index contributed by atoms with van der Waals surface area (Å²) >= 11 is 1.73. The maximum atomic E-state index is 8.85. The maximum absolute atomic E-state index is 8.85. The molecule has 0 N–H and O–H groups in total. The van der Waals surface area contributed by atoms with E-state index in [0.29, 0.717) is 18.1 Å². The number of rotatable bonds is 7. The Morgan fingerprint density at radius 3 is 2.55 bits per heavy atom. The predicted molar refractivity (Wildman–Crippen MR) is 116 cm³/mol. The lowest BCUT2D eigenvalue weighted by molar-refractivity contribution is 0.0560. The Balaban J connectivity index is 1.19. The van der Waals surface area contributed by atoms with Gasteiger partial charge in [-0.3, -0.25) is 4.90 Å². The fraction of sp³-hybridized carbons (Fsp3) is 0.333. The van der Waals surface area contributed by atoms with Gasteiger partial charge in [0.1, 0.15) is 5.01 Å². The summed E-state index contributed by atoms with van der Waals surface area (Å²) in [5, 5.41) is 12.1. The van der Waals surface area contributed by atoms with E-state index in [1.54, 1.807) is 11.3 Å². The largest absolute Gasteiger partial charge is 0.376 e. The summed E-state index contributed by atoms with van der Waals surface area (Å²) in [6, 6.07) is 20.2. The number of nitriles is 1. The van der Waals surface area contributed by atoms with Crippen LogP contribution in [0.25, 0.3) is 10.6 Å². The van der Waals surface area contributed by atoms with Crippen LogP contribution in [0.5, 0.6) is 0 Å². The van der Waals surface area contributed by atoms with Crippen molar-refractivity contribution in [1.29, 1.82) is 5.26 Å². The topological polar surface area (TPSA) is 49.1 Å². The molecule has 1 aliphatic heterocycles. The lowest BCUT2D eigenvalue weighted by Gasteiger charge is -2.31. The van der Waals surface area contributed by atoms with Gasteiger partial charge in [-0.15, -0.1) is 11.3 Å². The van der Waals surface area contributed by atoms with Crippen LogP contribution in [0.2, 0.25) is 0 Å². The van der Waals surface area contributed by atoms with Crippen LogP contribution in [-0.2, 0) is 17.9 Å². The number of hydrogen-bond donors (Lipinski definition) is 0. The molecule has 29 heavy (non-hydrogen) atoms. The number of hydrogen-bond acceptors (Lipinski definition) is 5. The molecule has 5 heteroatoms. The third-order valence-electron chi connectivity index (χ3n) is 5.37. The molecule has 3 aromatic rings. The zero-order valence-corrected chi connectivity index (χ0v) is 17.3. The van der Waals surface area contributed by atoms with Gasteiger partial charge >= 0.3 is 0 Å². The molecule has 4 rings (SSSR count). The number of likely N-dealkylation sites (tertiary alicyclic amines) is 1. The van der Waals surface area contributed by atoms with E-state index in [-0.39, 0.29) is 0 Å². The molecular weight excluding hydrogens is 378 g/mol. The number of piperidine rings is 1. The predicted octanol–water partition coefficient (Wildman–Crippen LogP) is 5.11. The van der Waals surface area contributed by atoms with E-state index in [2.05, 4.69) is 40.6 Å². The molecule has 0 bridgehead atoms. The first kappa shape index (κ1) is 19.8. The molecule has 0 radical (unpaired) electrons. The summed E-state index contributed by atoms with van der Waals surface area (Å²) in [7, 11) is 0. The minimum absolute atomic E-state index is 0.618. The van der Waals surface area contributed by atoms with Gasteiger partial charge in [0.2, 0.25) is 0 Å². The summed E-state index contributed by atoms with van der Waals surface area (Å²) in [5.41, 5.74) is 4.18. The first-order valence-corrected chi connectivity index (χ1v) is 11.0. The highest BCUT2D eigenvalue weighted by Crippen LogP contribution is 2.25. The van der Waals surface area contributed by atoms with Crippen LogP contribution in [0, 0.1) is 17.2 Å². The van der Waals surface area contributed by atoms with Gasteiger partial charge in [0.25, 0.3) is 0 Å². The lowest BCUT2D eigenvalue weighted by Crippen LogP contribution is -2.34. The Morgan fingerprint density at radius 2 is 1.83 bits per heavy atom. The highest BCUT2D eigenvalue weighted by atomic mass is 32.1. The SMILES string of the molecule is N#Cc1ccc(COCC2CCN(Cc3csc(-c4ccccc4)n3)CC2)cc1. The molecule has 4 nitrogen and oxygen atoms in total. The zero-order valence-electron chi connectivity index (χ0n) is 16.5. The smallest absolute Gasteiger partial charge is 0.123 e. The van der Waals surface area contributed by atoms with Crippen LogP contribution >= 0.6 is 11.3 Å². The molecule has 1 saturated heterocycles. The second-order valence-electron chi connectivity index (χ2n) is 7.55. The molecule has 0 amide bonds. The van der Waals surface area contributed by atoms with Crippen LogP contribution in [0.15, 0.2) is 60.0 Å². The number of thiazole rings is 1. The normalized spacial score (nSPS) is 15.3. The Labute approximate surface area is 176 Å². The second kappa shape index (κ2) is 9.80. The number of benzene rings is 2. The van der Waals surface area contributed by atoms with Crippen molar-refractivity contribution < 1.29 is 4.74 Å². The van der Waals surface area contributed by atoms with Gasteiger partial charge in [0.05, 0.1) is 23.9 Å². The van der Waals surface area contributed by atoms with E-state index in [4.69, 9.17) is 15.0 Å². The van der Waals surface area contributed by atoms with Crippen molar-refractivity contribution in [1.82, 2.24) is 9.88 Å². The highest BCUT2D eigenvalue weighted by molar-refractivity contribution is 7.13. The Bertz CT molecular complexity index is 938. The van der Waals surface area contributed by atoms with E-state index in [0.717, 1.165) is 36.8 Å². The molecule has 1 fully saturated rings. The van der Waals surface area contributed by atoms with E-state index < -0.39 is 0 Å². The van der Waals surface area contributed by atoms with Crippen molar-refractivity contribution in [3.8, 4) is 16.6 Å². The van der Waals surface area contributed by atoms with Crippen molar-refractivity contribution in [3.63, 3.8) is 0 Å². The molecule has 0 atom stereocenters. The van der Waals surface area contributed by atoms with Crippen molar-refractivity contribution in [3.05, 3.63) is 76.8 Å². The van der Waals surface area contributed by atoms with E-state index >= 15 is 0 Å². The molecule has 0 spiro atoms. The highest BCUT2D eigenvalue weighted by Gasteiger charge is 2.20. The van der Waals surface area contributed by atoms with Crippen LogP contribution in [0.3, 0.4) is 0 Å². The molecule has 0 unspecified atom stereocenters. The van der Waals surface area contributed by atoms with Gasteiger partial charge in [0.15, 0.2) is 0 Å². The number of aromatic nitrogens is 1. The Kier molecular flexibility index (Phi) is 6.68. The van der Waals surface area contributed by atoms with Crippen LogP contribution < -0.4 is 0 Å². The van der Waals surface area contributed by atoms with Gasteiger partial charge in [-0.05, 0) is 49.5 Å². The minimum atomic E-state index is 0.618. The van der Waals surface area contributed by atoms with Gasteiger partial charge < -0.3 is 4.74 Å². The van der Waals surface area contributed by atoms with E-state index in [1.165, 1.54) is 24.1 Å². The molecule has 0 aliphatic carbocycles. The number of nitrogens with zero attached hydrogens (tertiary/aromatic N) is 3. The first-order chi connectivity index (χ1) is 14.3. The summed E-state index contributed by atoms with van der Waals surface area (Å²) in [6.45, 7) is 4.56. The van der Waals surface area contributed by atoms with E-state index in [9.17, 15) is 0 Å². The van der Waals surface area contributed by atoms with Gasteiger partial charge in [-0.2, -0.15) is 5.26 Å². The van der Waals surface area contributed by atoms with Gasteiger partial charge in [-0.1, -0.05) is 42.5 Å². The minimum Gasteiger partial charge on any atom is -0.376 e. The maximum Gasteiger partial charge on any atom is 0.123 e. The summed E-state index contributed by atoms with van der Waals surface area (Å²) in [5.74, 6) is 0.625. The van der Waals surface area contributed by atoms with Crippen molar-refractivity contribution >= 4 is 11.3 Å². The summed E-state index contributed by atoms with van der Waals surface area (Å²) in [6.07, 6.45) is 2.34. The van der Waals surface area contributed by atoms with Crippen molar-refractivity contribution in [2.45, 2.75) is 26.0 Å². The lowest BCUT2D eigenvalue weighted by atomic mass is 9.98. The molecule has 1 aromatic heterocycles. The zero-order chi connectivity index (χ0) is 19.9. The average molecular weight is 404 g/mol. The molecule has 0 saturated carbocycles. The van der Waals surface area contributed by atoms with E-state index in [1.807, 2.05) is 30.3 Å². The standard InChI is InChI=1S/C24H25N3OS/c25-14-19-6-8-20(9-7-19)16-28-17-21-10-12-27(13-11-21)15-23-18-29-24(26-23)22-4-2-1-3-5-22/h1-9,18,21H,10-13,15-17H2. The molecule has 148 valence electrons. The average Bonchev–Trinajstić information content (AvgIpc) is 3.25. The van der Waals surface area contributed by atoms with Crippen molar-refractivity contribution in [2.75, 3.05) is 19.7 Å². The second-order valence-corrected chi connectivity index (χ2v) is 8.41. The quantitative estimate of drug-likeness (QED) is 0.550. The van der Waals surface area contributed by atoms with Crippen LogP contribution in [0.4, 0.5) is 0 Å².